The van der Waals surface area contributed by atoms with Gasteiger partial charge in [0.2, 0.25) is 0 Å². The fraction of sp³-hybridized carbons (Fsp3) is 0.500. The van der Waals surface area contributed by atoms with Crippen molar-refractivity contribution in [2.45, 2.75) is 36.0 Å². The van der Waals surface area contributed by atoms with Gasteiger partial charge in [0.15, 0.2) is 0 Å². The third-order valence-corrected chi connectivity index (χ3v) is 3.90. The highest BCUT2D eigenvalue weighted by atomic mass is 127. The van der Waals surface area contributed by atoms with Gasteiger partial charge in [0.05, 0.1) is 0 Å². The Labute approximate surface area is 93.9 Å². The van der Waals surface area contributed by atoms with Crippen LogP contribution in [0.1, 0.15) is 32.1 Å². The van der Waals surface area contributed by atoms with Crippen molar-refractivity contribution in [1.29, 1.82) is 0 Å². The van der Waals surface area contributed by atoms with Gasteiger partial charge in [-0.3, -0.25) is 0 Å². The van der Waals surface area contributed by atoms with Crippen LogP contribution in [0.2, 0.25) is 0 Å². The number of hydrogen-bond acceptors (Lipinski definition) is 0. The maximum atomic E-state index is 2.56. The molecule has 0 aromatic heterocycles. The highest BCUT2D eigenvalue weighted by Crippen LogP contribution is 2.31. The first-order chi connectivity index (χ1) is 6.36. The molecular weight excluding hydrogens is 271 g/mol. The van der Waals surface area contributed by atoms with Crippen LogP contribution in [0, 0.1) is 0 Å². The summed E-state index contributed by atoms with van der Waals surface area (Å²) in [6.45, 7) is 0. The summed E-state index contributed by atoms with van der Waals surface area (Å²) >= 11 is 2.56. The number of alkyl halides is 1. The second-order valence-electron chi connectivity index (χ2n) is 3.76. The molecule has 0 nitrogen and oxygen atoms in total. The lowest BCUT2D eigenvalue weighted by Gasteiger charge is -2.20. The van der Waals surface area contributed by atoms with Crippen molar-refractivity contribution in [3.05, 3.63) is 35.5 Å². The van der Waals surface area contributed by atoms with Crippen molar-refractivity contribution < 1.29 is 0 Å². The first kappa shape index (κ1) is 9.50. The van der Waals surface area contributed by atoms with Gasteiger partial charge in [0.1, 0.15) is 0 Å². The minimum atomic E-state index is 0.876. The lowest BCUT2D eigenvalue weighted by atomic mass is 9.89. The number of allylic oxidation sites excluding steroid dienone is 6. The molecule has 2 aliphatic rings. The third kappa shape index (κ3) is 2.46. The van der Waals surface area contributed by atoms with Gasteiger partial charge in [0, 0.05) is 3.92 Å². The van der Waals surface area contributed by atoms with Gasteiger partial charge in [-0.25, -0.2) is 0 Å². The van der Waals surface area contributed by atoms with E-state index in [0.717, 1.165) is 3.92 Å². The van der Waals surface area contributed by atoms with Gasteiger partial charge in [-0.1, -0.05) is 46.9 Å². The zero-order valence-electron chi connectivity index (χ0n) is 7.80. The molecule has 0 saturated carbocycles. The molecule has 0 heterocycles. The second-order valence-corrected chi connectivity index (χ2v) is 5.52. The van der Waals surface area contributed by atoms with E-state index >= 15 is 0 Å². The first-order valence-corrected chi connectivity index (χ1v) is 6.30. The van der Waals surface area contributed by atoms with Crippen molar-refractivity contribution >= 4 is 22.6 Å². The van der Waals surface area contributed by atoms with Gasteiger partial charge in [0.25, 0.3) is 0 Å². The molecule has 1 atom stereocenters. The topological polar surface area (TPSA) is 0 Å². The van der Waals surface area contributed by atoms with Gasteiger partial charge in [-0.2, -0.15) is 0 Å². The fourth-order valence-electron chi connectivity index (χ4n) is 1.96. The molecule has 0 saturated heterocycles. The van der Waals surface area contributed by atoms with Crippen LogP contribution in [0.4, 0.5) is 0 Å². The lowest BCUT2D eigenvalue weighted by molar-refractivity contribution is 0.733. The van der Waals surface area contributed by atoms with E-state index in [2.05, 4.69) is 46.9 Å². The minimum Gasteiger partial charge on any atom is -0.0842 e. The van der Waals surface area contributed by atoms with E-state index in [1.165, 1.54) is 32.1 Å². The summed E-state index contributed by atoms with van der Waals surface area (Å²) in [5.74, 6) is 0. The maximum absolute atomic E-state index is 2.56. The Kier molecular flexibility index (Phi) is 3.25. The summed E-state index contributed by atoms with van der Waals surface area (Å²) in [5, 5.41) is 0. The Morgan fingerprint density at radius 2 is 2.15 bits per heavy atom. The summed E-state index contributed by atoms with van der Waals surface area (Å²) in [4.78, 5) is 0. The van der Waals surface area contributed by atoms with Gasteiger partial charge < -0.3 is 0 Å². The molecule has 2 rings (SSSR count). The van der Waals surface area contributed by atoms with Gasteiger partial charge >= 0.3 is 0 Å². The zero-order chi connectivity index (χ0) is 9.10. The molecule has 0 aliphatic heterocycles. The Morgan fingerprint density at radius 3 is 2.77 bits per heavy atom. The highest BCUT2D eigenvalue weighted by Gasteiger charge is 2.14. The largest absolute Gasteiger partial charge is 0.0842 e. The molecule has 0 aromatic rings. The Morgan fingerprint density at radius 1 is 1.23 bits per heavy atom. The molecule has 2 aliphatic carbocycles. The van der Waals surface area contributed by atoms with Crippen LogP contribution in [0.25, 0.3) is 0 Å². The molecule has 13 heavy (non-hydrogen) atoms. The molecule has 0 fully saturated rings. The number of rotatable bonds is 1. The molecule has 1 heteroatoms. The Balaban J connectivity index is 2.08. The average Bonchev–Trinajstić information content (AvgIpc) is 2.20. The SMILES string of the molecule is IC1CC=C(C2=CC=CCC2)CC1. The predicted molar refractivity (Wildman–Crippen MR) is 66.2 cm³/mol. The van der Waals surface area contributed by atoms with Crippen molar-refractivity contribution in [3.63, 3.8) is 0 Å². The Hall–Kier alpha value is -0.0500. The predicted octanol–water partition coefficient (Wildman–Crippen LogP) is 4.18. The number of hydrogen-bond donors (Lipinski definition) is 0. The molecule has 0 radical (unpaired) electrons. The van der Waals surface area contributed by atoms with Crippen molar-refractivity contribution in [2.75, 3.05) is 0 Å². The average molecular weight is 286 g/mol. The van der Waals surface area contributed by atoms with Crippen LogP contribution >= 0.6 is 22.6 Å². The number of halogens is 1. The lowest BCUT2D eigenvalue weighted by Crippen LogP contribution is -2.05. The van der Waals surface area contributed by atoms with E-state index in [1.54, 1.807) is 11.1 Å². The molecular formula is C12H15I. The summed E-state index contributed by atoms with van der Waals surface area (Å²) in [6, 6.07) is 0. The Bertz CT molecular complexity index is 271. The normalized spacial score (nSPS) is 28.2. The molecule has 1 unspecified atom stereocenters. The standard InChI is InChI=1S/C12H15I/c13-12-8-6-11(7-9-12)10-4-2-1-3-5-10/h1-2,4,6,12H,3,5,7-9H2. The van der Waals surface area contributed by atoms with Crippen molar-refractivity contribution in [2.24, 2.45) is 0 Å². The maximum Gasteiger partial charge on any atom is 0.0147 e. The van der Waals surface area contributed by atoms with E-state index in [1.807, 2.05) is 0 Å². The fourth-order valence-corrected chi connectivity index (χ4v) is 2.53. The monoisotopic (exact) mass is 286 g/mol. The van der Waals surface area contributed by atoms with Gasteiger partial charge in [-0.05, 0) is 43.3 Å². The summed E-state index contributed by atoms with van der Waals surface area (Å²) < 4.78 is 0.876. The van der Waals surface area contributed by atoms with Crippen molar-refractivity contribution in [3.8, 4) is 0 Å². The minimum absolute atomic E-state index is 0.876. The van der Waals surface area contributed by atoms with Crippen LogP contribution in [-0.2, 0) is 0 Å². The highest BCUT2D eigenvalue weighted by molar-refractivity contribution is 14.1. The smallest absolute Gasteiger partial charge is 0.0147 e. The first-order valence-electron chi connectivity index (χ1n) is 5.05. The van der Waals surface area contributed by atoms with E-state index in [-0.39, 0.29) is 0 Å². The van der Waals surface area contributed by atoms with E-state index in [0.29, 0.717) is 0 Å². The van der Waals surface area contributed by atoms with Crippen LogP contribution in [0.5, 0.6) is 0 Å². The third-order valence-electron chi connectivity index (χ3n) is 2.77. The van der Waals surface area contributed by atoms with E-state index in [9.17, 15) is 0 Å². The second kappa shape index (κ2) is 4.45. The summed E-state index contributed by atoms with van der Waals surface area (Å²) in [5.41, 5.74) is 3.21. The van der Waals surface area contributed by atoms with Crippen LogP contribution in [0.15, 0.2) is 35.5 Å². The van der Waals surface area contributed by atoms with E-state index < -0.39 is 0 Å². The quantitative estimate of drug-likeness (QED) is 0.501. The van der Waals surface area contributed by atoms with Gasteiger partial charge in [-0.15, -0.1) is 0 Å². The molecule has 0 bridgehead atoms. The zero-order valence-corrected chi connectivity index (χ0v) is 9.96. The molecule has 0 amide bonds. The summed E-state index contributed by atoms with van der Waals surface area (Å²) in [7, 11) is 0. The van der Waals surface area contributed by atoms with Crippen molar-refractivity contribution in [1.82, 2.24) is 0 Å². The molecule has 0 spiro atoms. The molecule has 0 N–H and O–H groups in total. The summed E-state index contributed by atoms with van der Waals surface area (Å²) in [6.07, 6.45) is 15.6. The van der Waals surface area contributed by atoms with Crippen LogP contribution < -0.4 is 0 Å². The van der Waals surface area contributed by atoms with E-state index in [4.69, 9.17) is 0 Å². The molecule has 70 valence electrons. The van der Waals surface area contributed by atoms with Crippen LogP contribution in [0.3, 0.4) is 0 Å². The molecule has 0 aromatic carbocycles. The van der Waals surface area contributed by atoms with Crippen LogP contribution in [-0.4, -0.2) is 3.92 Å².